The summed E-state index contributed by atoms with van der Waals surface area (Å²) in [5.74, 6) is -0.0373. The largest absolute Gasteiger partial charge is 0.396 e. The number of aliphatic hydroxyl groups excluding tert-OH is 1. The van der Waals surface area contributed by atoms with Crippen LogP contribution in [0.3, 0.4) is 0 Å². The van der Waals surface area contributed by atoms with Crippen molar-refractivity contribution in [3.8, 4) is 0 Å². The van der Waals surface area contributed by atoms with Crippen LogP contribution in [0.25, 0.3) is 0 Å². The number of aliphatic hydroxyl groups is 1. The zero-order valence-corrected chi connectivity index (χ0v) is 13.1. The van der Waals surface area contributed by atoms with Crippen molar-refractivity contribution < 1.29 is 13.5 Å². The van der Waals surface area contributed by atoms with Crippen LogP contribution in [-0.2, 0) is 22.3 Å². The molecule has 0 unspecified atom stereocenters. The molecule has 1 aromatic carbocycles. The summed E-state index contributed by atoms with van der Waals surface area (Å²) in [6, 6.07) is 12.7. The maximum atomic E-state index is 12.6. The molecule has 0 aliphatic rings. The average molecular weight is 320 g/mol. The van der Waals surface area contributed by atoms with Crippen LogP contribution >= 0.6 is 0 Å². The molecule has 0 saturated heterocycles. The molecule has 5 nitrogen and oxygen atoms in total. The molecule has 0 amide bonds. The van der Waals surface area contributed by atoms with Gasteiger partial charge in [0, 0.05) is 32.1 Å². The third-order valence-corrected chi connectivity index (χ3v) is 5.06. The number of hydrogen-bond donors (Lipinski definition) is 1. The summed E-state index contributed by atoms with van der Waals surface area (Å²) in [6.07, 6.45) is 3.70. The SMILES string of the molecule is O=S(=O)(Cc1ccccc1)N(CCCO)Cc1ccncc1. The van der Waals surface area contributed by atoms with Crippen LogP contribution in [0.5, 0.6) is 0 Å². The lowest BCUT2D eigenvalue weighted by atomic mass is 10.2. The Morgan fingerprint density at radius 1 is 1.00 bits per heavy atom. The number of benzene rings is 1. The van der Waals surface area contributed by atoms with E-state index in [-0.39, 0.29) is 18.9 Å². The molecule has 2 aromatic rings. The van der Waals surface area contributed by atoms with Crippen LogP contribution in [-0.4, -0.2) is 36.0 Å². The van der Waals surface area contributed by atoms with Gasteiger partial charge >= 0.3 is 0 Å². The number of pyridine rings is 1. The summed E-state index contributed by atoms with van der Waals surface area (Å²) in [6.45, 7) is 0.555. The van der Waals surface area contributed by atoms with Crippen molar-refractivity contribution in [1.29, 1.82) is 0 Å². The molecule has 0 atom stereocenters. The average Bonchev–Trinajstić information content (AvgIpc) is 2.53. The van der Waals surface area contributed by atoms with Gasteiger partial charge in [-0.1, -0.05) is 30.3 Å². The van der Waals surface area contributed by atoms with Gasteiger partial charge in [0.25, 0.3) is 0 Å². The first-order valence-corrected chi connectivity index (χ1v) is 8.74. The molecular formula is C16H20N2O3S. The van der Waals surface area contributed by atoms with Crippen LogP contribution in [0, 0.1) is 0 Å². The van der Waals surface area contributed by atoms with Gasteiger partial charge in [-0.05, 0) is 29.7 Å². The molecule has 1 N–H and O–H groups in total. The lowest BCUT2D eigenvalue weighted by Gasteiger charge is -2.22. The van der Waals surface area contributed by atoms with Crippen LogP contribution in [0.2, 0.25) is 0 Å². The Hall–Kier alpha value is -1.76. The Morgan fingerprint density at radius 2 is 1.68 bits per heavy atom. The first-order chi connectivity index (χ1) is 10.6. The normalized spacial score (nSPS) is 11.7. The van der Waals surface area contributed by atoms with E-state index < -0.39 is 10.0 Å². The van der Waals surface area contributed by atoms with E-state index in [0.29, 0.717) is 13.0 Å². The Kier molecular flexibility index (Phi) is 6.06. The van der Waals surface area contributed by atoms with Gasteiger partial charge in [-0.25, -0.2) is 8.42 Å². The standard InChI is InChI=1S/C16H20N2O3S/c19-12-4-11-18(13-15-7-9-17-10-8-15)22(20,21)14-16-5-2-1-3-6-16/h1-3,5-10,19H,4,11-14H2. The summed E-state index contributed by atoms with van der Waals surface area (Å²) in [5, 5.41) is 9.01. The maximum Gasteiger partial charge on any atom is 0.218 e. The molecule has 1 aromatic heterocycles. The van der Waals surface area contributed by atoms with Crippen LogP contribution in [0.15, 0.2) is 54.9 Å². The van der Waals surface area contributed by atoms with E-state index in [1.165, 1.54) is 4.31 Å². The van der Waals surface area contributed by atoms with Crippen LogP contribution in [0.1, 0.15) is 17.5 Å². The Balaban J connectivity index is 2.16. The van der Waals surface area contributed by atoms with Gasteiger partial charge in [-0.2, -0.15) is 4.31 Å². The van der Waals surface area contributed by atoms with Crippen molar-refractivity contribution in [2.75, 3.05) is 13.2 Å². The van der Waals surface area contributed by atoms with E-state index in [0.717, 1.165) is 11.1 Å². The van der Waals surface area contributed by atoms with E-state index >= 15 is 0 Å². The molecule has 6 heteroatoms. The Bertz CT molecular complexity index is 660. The fraction of sp³-hybridized carbons (Fsp3) is 0.312. The summed E-state index contributed by atoms with van der Waals surface area (Å²) in [7, 11) is -3.44. The molecule has 1 heterocycles. The molecule has 0 bridgehead atoms. The highest BCUT2D eigenvalue weighted by Gasteiger charge is 2.22. The Labute approximate surface area is 131 Å². The quantitative estimate of drug-likeness (QED) is 0.805. The smallest absolute Gasteiger partial charge is 0.218 e. The van der Waals surface area contributed by atoms with Crippen molar-refractivity contribution in [2.45, 2.75) is 18.7 Å². The summed E-state index contributed by atoms with van der Waals surface area (Å²) in [5.41, 5.74) is 1.64. The van der Waals surface area contributed by atoms with Crippen molar-refractivity contribution >= 4 is 10.0 Å². The minimum Gasteiger partial charge on any atom is -0.396 e. The molecular weight excluding hydrogens is 300 g/mol. The number of aromatic nitrogens is 1. The van der Waals surface area contributed by atoms with Gasteiger partial charge in [-0.3, -0.25) is 4.98 Å². The van der Waals surface area contributed by atoms with Gasteiger partial charge in [0.2, 0.25) is 10.0 Å². The molecule has 118 valence electrons. The zero-order chi connectivity index (χ0) is 15.8. The van der Waals surface area contributed by atoms with Gasteiger partial charge in [0.1, 0.15) is 0 Å². The third-order valence-electron chi connectivity index (χ3n) is 3.26. The monoisotopic (exact) mass is 320 g/mol. The van der Waals surface area contributed by atoms with Crippen molar-refractivity contribution in [1.82, 2.24) is 9.29 Å². The van der Waals surface area contributed by atoms with Gasteiger partial charge in [0.15, 0.2) is 0 Å². The van der Waals surface area contributed by atoms with E-state index in [1.807, 2.05) is 18.2 Å². The first-order valence-electron chi connectivity index (χ1n) is 7.13. The molecule has 0 saturated carbocycles. The van der Waals surface area contributed by atoms with Gasteiger partial charge in [-0.15, -0.1) is 0 Å². The van der Waals surface area contributed by atoms with E-state index in [4.69, 9.17) is 5.11 Å². The van der Waals surface area contributed by atoms with E-state index in [1.54, 1.807) is 36.7 Å². The second kappa shape index (κ2) is 8.03. The third kappa shape index (κ3) is 4.91. The topological polar surface area (TPSA) is 70.5 Å². The number of hydrogen-bond acceptors (Lipinski definition) is 4. The molecule has 0 radical (unpaired) electrons. The first kappa shape index (κ1) is 16.6. The molecule has 0 aliphatic carbocycles. The van der Waals surface area contributed by atoms with Crippen molar-refractivity contribution in [2.24, 2.45) is 0 Å². The van der Waals surface area contributed by atoms with Crippen LogP contribution in [0.4, 0.5) is 0 Å². The maximum absolute atomic E-state index is 12.6. The minimum absolute atomic E-state index is 0.0340. The highest BCUT2D eigenvalue weighted by atomic mass is 32.2. The highest BCUT2D eigenvalue weighted by Crippen LogP contribution is 2.15. The lowest BCUT2D eigenvalue weighted by molar-refractivity contribution is 0.267. The second-order valence-corrected chi connectivity index (χ2v) is 6.98. The van der Waals surface area contributed by atoms with Crippen molar-refractivity contribution in [3.63, 3.8) is 0 Å². The summed E-state index contributed by atoms with van der Waals surface area (Å²) >= 11 is 0. The summed E-state index contributed by atoms with van der Waals surface area (Å²) in [4.78, 5) is 3.94. The van der Waals surface area contributed by atoms with Gasteiger partial charge in [0.05, 0.1) is 5.75 Å². The van der Waals surface area contributed by atoms with E-state index in [2.05, 4.69) is 4.98 Å². The number of nitrogens with zero attached hydrogens (tertiary/aromatic N) is 2. The van der Waals surface area contributed by atoms with E-state index in [9.17, 15) is 8.42 Å². The Morgan fingerprint density at radius 3 is 2.32 bits per heavy atom. The fourth-order valence-corrected chi connectivity index (χ4v) is 3.68. The number of rotatable bonds is 8. The highest BCUT2D eigenvalue weighted by molar-refractivity contribution is 7.88. The predicted octanol–water partition coefficient (Wildman–Crippen LogP) is 1.80. The fourth-order valence-electron chi connectivity index (χ4n) is 2.13. The number of sulfonamides is 1. The molecule has 0 aliphatic heterocycles. The predicted molar refractivity (Wildman–Crippen MR) is 85.4 cm³/mol. The second-order valence-electron chi connectivity index (χ2n) is 5.01. The minimum atomic E-state index is -3.44. The van der Waals surface area contributed by atoms with Crippen molar-refractivity contribution in [3.05, 3.63) is 66.0 Å². The molecule has 0 spiro atoms. The molecule has 22 heavy (non-hydrogen) atoms. The van der Waals surface area contributed by atoms with Crippen LogP contribution < -0.4 is 0 Å². The van der Waals surface area contributed by atoms with Gasteiger partial charge < -0.3 is 5.11 Å². The lowest BCUT2D eigenvalue weighted by Crippen LogP contribution is -2.33. The molecule has 0 fully saturated rings. The zero-order valence-electron chi connectivity index (χ0n) is 12.3. The molecule has 2 rings (SSSR count). The summed E-state index contributed by atoms with van der Waals surface area (Å²) < 4.78 is 26.7.